The quantitative estimate of drug-likeness (QED) is 0.783. The summed E-state index contributed by atoms with van der Waals surface area (Å²) in [5.74, 6) is -0.281. The Hall–Kier alpha value is -1.56. The Morgan fingerprint density at radius 2 is 1.81 bits per heavy atom. The summed E-state index contributed by atoms with van der Waals surface area (Å²) in [6.45, 7) is 6.10. The minimum Gasteiger partial charge on any atom is -0.355 e. The van der Waals surface area contributed by atoms with Crippen molar-refractivity contribution in [2.75, 3.05) is 23.7 Å². The summed E-state index contributed by atoms with van der Waals surface area (Å²) in [4.78, 5) is 12.0. The molecular formula is C15H24N2O3S. The number of benzene rings is 1. The van der Waals surface area contributed by atoms with E-state index in [0.717, 1.165) is 30.2 Å². The van der Waals surface area contributed by atoms with Crippen LogP contribution in [0.1, 0.15) is 30.9 Å². The van der Waals surface area contributed by atoms with E-state index in [9.17, 15) is 13.2 Å². The summed E-state index contributed by atoms with van der Waals surface area (Å²) in [6, 6.07) is 5.56. The lowest BCUT2D eigenvalue weighted by molar-refractivity contribution is -0.119. The number of sulfonamides is 1. The van der Waals surface area contributed by atoms with Gasteiger partial charge >= 0.3 is 0 Å². The average Bonchev–Trinajstić information content (AvgIpc) is 2.36. The van der Waals surface area contributed by atoms with Gasteiger partial charge in [0.1, 0.15) is 6.54 Å². The van der Waals surface area contributed by atoms with E-state index >= 15 is 0 Å². The van der Waals surface area contributed by atoms with Crippen LogP contribution in [-0.2, 0) is 14.8 Å². The lowest BCUT2D eigenvalue weighted by atomic mass is 10.1. The number of hydrogen-bond acceptors (Lipinski definition) is 3. The third-order valence-electron chi connectivity index (χ3n) is 3.23. The Kier molecular flexibility index (Phi) is 6.20. The fraction of sp³-hybridized carbons (Fsp3) is 0.533. The largest absolute Gasteiger partial charge is 0.355 e. The Balaban J connectivity index is 3.01. The lowest BCUT2D eigenvalue weighted by Gasteiger charge is -2.25. The Morgan fingerprint density at radius 3 is 2.29 bits per heavy atom. The molecule has 1 amide bonds. The van der Waals surface area contributed by atoms with Crippen LogP contribution in [0.25, 0.3) is 0 Å². The maximum absolute atomic E-state index is 12.0. The molecule has 1 aromatic carbocycles. The molecule has 0 heterocycles. The smallest absolute Gasteiger partial charge is 0.240 e. The molecule has 0 spiro atoms. The zero-order valence-electron chi connectivity index (χ0n) is 13.1. The van der Waals surface area contributed by atoms with Gasteiger partial charge in [-0.05, 0) is 31.4 Å². The van der Waals surface area contributed by atoms with Gasteiger partial charge in [-0.2, -0.15) is 0 Å². The number of aryl methyl sites for hydroxylation is 2. The van der Waals surface area contributed by atoms with Gasteiger partial charge in [-0.3, -0.25) is 9.10 Å². The van der Waals surface area contributed by atoms with Gasteiger partial charge in [0, 0.05) is 6.54 Å². The number of carbonyl (C=O) groups excluding carboxylic acids is 1. The molecule has 0 aliphatic heterocycles. The molecular weight excluding hydrogens is 288 g/mol. The highest BCUT2D eigenvalue weighted by Gasteiger charge is 2.23. The van der Waals surface area contributed by atoms with Gasteiger partial charge in [0.15, 0.2) is 0 Å². The van der Waals surface area contributed by atoms with Crippen LogP contribution in [0, 0.1) is 13.8 Å². The molecule has 0 saturated carbocycles. The first kappa shape index (κ1) is 17.5. The molecule has 5 nitrogen and oxygen atoms in total. The molecule has 6 heteroatoms. The second-order valence-corrected chi connectivity index (χ2v) is 7.12. The minimum absolute atomic E-state index is 0.186. The third kappa shape index (κ3) is 5.04. The first-order valence-electron chi connectivity index (χ1n) is 7.08. The molecule has 0 atom stereocenters. The van der Waals surface area contributed by atoms with E-state index in [1.807, 2.05) is 39.0 Å². The van der Waals surface area contributed by atoms with Gasteiger partial charge < -0.3 is 5.32 Å². The van der Waals surface area contributed by atoms with Crippen molar-refractivity contribution in [1.82, 2.24) is 5.32 Å². The van der Waals surface area contributed by atoms with Gasteiger partial charge in [0.25, 0.3) is 0 Å². The number of hydrogen-bond donors (Lipinski definition) is 1. The summed E-state index contributed by atoms with van der Waals surface area (Å²) in [5, 5.41) is 2.75. The van der Waals surface area contributed by atoms with Crippen molar-refractivity contribution in [2.45, 2.75) is 33.6 Å². The zero-order valence-corrected chi connectivity index (χ0v) is 14.0. The van der Waals surface area contributed by atoms with E-state index in [2.05, 4.69) is 5.32 Å². The number of para-hydroxylation sites is 1. The maximum Gasteiger partial charge on any atom is 0.240 e. The molecule has 0 fully saturated rings. The summed E-state index contributed by atoms with van der Waals surface area (Å²) < 4.78 is 25.3. The second kappa shape index (κ2) is 7.45. The molecule has 1 aromatic rings. The van der Waals surface area contributed by atoms with E-state index in [-0.39, 0.29) is 12.5 Å². The van der Waals surface area contributed by atoms with Gasteiger partial charge in [-0.1, -0.05) is 31.5 Å². The number of anilines is 1. The molecule has 0 unspecified atom stereocenters. The molecule has 0 bridgehead atoms. The Bertz CT molecular complexity index is 577. The monoisotopic (exact) mass is 312 g/mol. The van der Waals surface area contributed by atoms with Crippen molar-refractivity contribution in [2.24, 2.45) is 0 Å². The first-order chi connectivity index (χ1) is 9.77. The van der Waals surface area contributed by atoms with Crippen molar-refractivity contribution in [1.29, 1.82) is 0 Å². The molecule has 0 aliphatic carbocycles. The van der Waals surface area contributed by atoms with Gasteiger partial charge in [0.05, 0.1) is 11.9 Å². The van der Waals surface area contributed by atoms with Crippen LogP contribution >= 0.6 is 0 Å². The summed E-state index contributed by atoms with van der Waals surface area (Å²) in [6.07, 6.45) is 2.99. The highest BCUT2D eigenvalue weighted by Crippen LogP contribution is 2.26. The number of carbonyl (C=O) groups is 1. The molecule has 0 aromatic heterocycles. The standard InChI is InChI=1S/C15H24N2O3S/c1-5-6-10-16-14(18)11-17(21(4,19)20)15-12(2)8-7-9-13(15)3/h7-9H,5-6,10-11H2,1-4H3,(H,16,18). The predicted molar refractivity (Wildman–Crippen MR) is 86.0 cm³/mol. The number of rotatable bonds is 7. The SMILES string of the molecule is CCCCNC(=O)CN(c1c(C)cccc1C)S(C)(=O)=O. The molecule has 0 aliphatic rings. The fourth-order valence-electron chi connectivity index (χ4n) is 2.15. The average molecular weight is 312 g/mol. The van der Waals surface area contributed by atoms with Gasteiger partial charge in [-0.15, -0.1) is 0 Å². The van der Waals surface area contributed by atoms with E-state index < -0.39 is 10.0 Å². The van der Waals surface area contributed by atoms with Crippen LogP contribution in [0.3, 0.4) is 0 Å². The lowest BCUT2D eigenvalue weighted by Crippen LogP contribution is -2.41. The van der Waals surface area contributed by atoms with E-state index in [1.165, 1.54) is 4.31 Å². The minimum atomic E-state index is -3.52. The zero-order chi connectivity index (χ0) is 16.0. The van der Waals surface area contributed by atoms with Crippen LogP contribution in [0.5, 0.6) is 0 Å². The van der Waals surface area contributed by atoms with Crippen molar-refractivity contribution < 1.29 is 13.2 Å². The van der Waals surface area contributed by atoms with Crippen molar-refractivity contribution in [3.63, 3.8) is 0 Å². The summed E-state index contributed by atoms with van der Waals surface area (Å²) in [7, 11) is -3.52. The van der Waals surface area contributed by atoms with Crippen molar-refractivity contribution in [3.8, 4) is 0 Å². The highest BCUT2D eigenvalue weighted by molar-refractivity contribution is 7.92. The van der Waals surface area contributed by atoms with Crippen LogP contribution in [0.15, 0.2) is 18.2 Å². The molecule has 0 saturated heterocycles. The van der Waals surface area contributed by atoms with Crippen molar-refractivity contribution >= 4 is 21.6 Å². The number of nitrogens with one attached hydrogen (secondary N) is 1. The van der Waals surface area contributed by atoms with Crippen LogP contribution < -0.4 is 9.62 Å². The Labute approximate surface area is 127 Å². The summed E-state index contributed by atoms with van der Waals surface area (Å²) in [5.41, 5.74) is 2.26. The Morgan fingerprint density at radius 1 is 1.24 bits per heavy atom. The first-order valence-corrected chi connectivity index (χ1v) is 8.92. The highest BCUT2D eigenvalue weighted by atomic mass is 32.2. The topological polar surface area (TPSA) is 66.5 Å². The molecule has 1 rings (SSSR count). The number of unbranched alkanes of at least 4 members (excludes halogenated alkanes) is 1. The normalized spacial score (nSPS) is 11.2. The third-order valence-corrected chi connectivity index (χ3v) is 4.34. The maximum atomic E-state index is 12.0. The van der Waals surface area contributed by atoms with E-state index in [4.69, 9.17) is 0 Å². The molecule has 21 heavy (non-hydrogen) atoms. The molecule has 0 radical (unpaired) electrons. The van der Waals surface area contributed by atoms with E-state index in [0.29, 0.717) is 12.2 Å². The second-order valence-electron chi connectivity index (χ2n) is 5.21. The fourth-order valence-corrected chi connectivity index (χ4v) is 3.12. The predicted octanol–water partition coefficient (Wildman–Crippen LogP) is 1.99. The van der Waals surface area contributed by atoms with Crippen molar-refractivity contribution in [3.05, 3.63) is 29.3 Å². The van der Waals surface area contributed by atoms with Gasteiger partial charge in [0.2, 0.25) is 15.9 Å². The number of nitrogens with zero attached hydrogens (tertiary/aromatic N) is 1. The molecule has 1 N–H and O–H groups in total. The number of amides is 1. The summed E-state index contributed by atoms with van der Waals surface area (Å²) >= 11 is 0. The van der Waals surface area contributed by atoms with Crippen LogP contribution in [0.2, 0.25) is 0 Å². The van der Waals surface area contributed by atoms with Gasteiger partial charge in [-0.25, -0.2) is 8.42 Å². The van der Waals surface area contributed by atoms with Crippen LogP contribution in [-0.4, -0.2) is 33.7 Å². The van der Waals surface area contributed by atoms with E-state index in [1.54, 1.807) is 0 Å². The van der Waals surface area contributed by atoms with Crippen LogP contribution in [0.4, 0.5) is 5.69 Å². The molecule has 118 valence electrons.